The van der Waals surface area contributed by atoms with Gasteiger partial charge in [0.2, 0.25) is 0 Å². The Bertz CT molecular complexity index is 686. The van der Waals surface area contributed by atoms with Crippen LogP contribution in [0.1, 0.15) is 40.0 Å². The second kappa shape index (κ2) is 8.31. The van der Waals surface area contributed by atoms with E-state index >= 15 is 0 Å². The number of aliphatic hydroxyl groups excluding tert-OH is 1. The van der Waals surface area contributed by atoms with E-state index in [1.54, 1.807) is 6.08 Å². The van der Waals surface area contributed by atoms with Crippen LogP contribution in [0.4, 0.5) is 0 Å². The van der Waals surface area contributed by atoms with E-state index in [4.69, 9.17) is 14.2 Å². The summed E-state index contributed by atoms with van der Waals surface area (Å²) in [5.74, 6) is -1.69. The van der Waals surface area contributed by atoms with Gasteiger partial charge in [-0.3, -0.25) is 9.59 Å². The van der Waals surface area contributed by atoms with E-state index in [1.807, 2.05) is 6.92 Å². The zero-order chi connectivity index (χ0) is 19.4. The van der Waals surface area contributed by atoms with Crippen molar-refractivity contribution in [3.8, 4) is 0 Å². The number of rotatable bonds is 3. The molecule has 2 rings (SSSR count). The third-order valence-corrected chi connectivity index (χ3v) is 4.38. The largest absolute Gasteiger partial charge is 0.461 e. The Labute approximate surface area is 152 Å². The molecule has 7 heteroatoms. The van der Waals surface area contributed by atoms with Gasteiger partial charge in [0.1, 0.15) is 18.8 Å². The van der Waals surface area contributed by atoms with Crippen LogP contribution in [0.3, 0.4) is 0 Å². The minimum Gasteiger partial charge on any atom is -0.461 e. The summed E-state index contributed by atoms with van der Waals surface area (Å²) in [5.41, 5.74) is 2.01. The molecule has 0 unspecified atom stereocenters. The number of hydrogen-bond acceptors (Lipinski definition) is 7. The molecule has 0 radical (unpaired) electrons. The second-order valence-electron chi connectivity index (χ2n) is 6.57. The number of fused-ring (bicyclic) bond motifs is 1. The van der Waals surface area contributed by atoms with Crippen LogP contribution >= 0.6 is 0 Å². The highest BCUT2D eigenvalue weighted by Gasteiger charge is 2.40. The molecule has 26 heavy (non-hydrogen) atoms. The Morgan fingerprint density at radius 1 is 1.35 bits per heavy atom. The zero-order valence-corrected chi connectivity index (χ0v) is 15.2. The van der Waals surface area contributed by atoms with Crippen molar-refractivity contribution in [2.45, 2.75) is 58.3 Å². The van der Waals surface area contributed by atoms with Crippen molar-refractivity contribution in [3.05, 3.63) is 34.9 Å². The number of aliphatic hydroxyl groups is 1. The van der Waals surface area contributed by atoms with Crippen LogP contribution in [0.2, 0.25) is 0 Å². The lowest BCUT2D eigenvalue weighted by Crippen LogP contribution is -2.29. The van der Waals surface area contributed by atoms with E-state index in [2.05, 4.69) is 6.58 Å². The molecule has 0 bridgehead atoms. The average Bonchev–Trinajstić information content (AvgIpc) is 2.83. The Morgan fingerprint density at radius 2 is 2.04 bits per heavy atom. The fraction of sp³-hybridized carbons (Fsp3) is 0.526. The fourth-order valence-electron chi connectivity index (χ4n) is 3.06. The number of allylic oxidation sites excluding steroid dienone is 1. The maximum Gasteiger partial charge on any atom is 0.338 e. The Kier molecular flexibility index (Phi) is 6.37. The highest BCUT2D eigenvalue weighted by molar-refractivity contribution is 5.93. The van der Waals surface area contributed by atoms with Gasteiger partial charge in [-0.15, -0.1) is 0 Å². The summed E-state index contributed by atoms with van der Waals surface area (Å²) >= 11 is 0. The molecule has 0 fully saturated rings. The second-order valence-corrected chi connectivity index (χ2v) is 6.57. The molecule has 1 aliphatic heterocycles. The maximum absolute atomic E-state index is 12.3. The molecule has 0 amide bonds. The van der Waals surface area contributed by atoms with Gasteiger partial charge in [-0.2, -0.15) is 0 Å². The molecule has 1 aliphatic carbocycles. The van der Waals surface area contributed by atoms with Crippen LogP contribution in [0.15, 0.2) is 34.9 Å². The zero-order valence-electron chi connectivity index (χ0n) is 15.2. The number of esters is 3. The van der Waals surface area contributed by atoms with Crippen LogP contribution in [0.25, 0.3) is 0 Å². The summed E-state index contributed by atoms with van der Waals surface area (Å²) in [5, 5.41) is 10.3. The highest BCUT2D eigenvalue weighted by Crippen LogP contribution is 2.34. The van der Waals surface area contributed by atoms with Gasteiger partial charge < -0.3 is 19.3 Å². The third kappa shape index (κ3) is 4.82. The molecule has 0 spiro atoms. The van der Waals surface area contributed by atoms with Gasteiger partial charge in [0.05, 0.1) is 11.7 Å². The molecule has 0 saturated heterocycles. The Morgan fingerprint density at radius 3 is 2.65 bits per heavy atom. The summed E-state index contributed by atoms with van der Waals surface area (Å²) in [6, 6.07) is 0. The SMILES string of the molecule is C=C1C[C@H](OC(C)=O)C2=C(COC(C)=O)C(=O)O[C@@H]2/C=C(\C)CC[C@H]1O. The highest BCUT2D eigenvalue weighted by atomic mass is 16.6. The normalized spacial score (nSPS) is 28.6. The lowest BCUT2D eigenvalue weighted by atomic mass is 9.89. The van der Waals surface area contributed by atoms with Gasteiger partial charge in [-0.1, -0.05) is 12.2 Å². The van der Waals surface area contributed by atoms with E-state index < -0.39 is 36.2 Å². The maximum atomic E-state index is 12.3. The smallest absolute Gasteiger partial charge is 0.338 e. The van der Waals surface area contributed by atoms with Crippen molar-refractivity contribution in [1.29, 1.82) is 0 Å². The van der Waals surface area contributed by atoms with Crippen molar-refractivity contribution in [2.24, 2.45) is 0 Å². The van der Waals surface area contributed by atoms with Gasteiger partial charge in [0.15, 0.2) is 0 Å². The quantitative estimate of drug-likeness (QED) is 0.463. The molecule has 3 atom stereocenters. The first-order valence-electron chi connectivity index (χ1n) is 8.46. The molecular formula is C19H24O7. The number of hydrogen-bond donors (Lipinski definition) is 1. The van der Waals surface area contributed by atoms with Crippen molar-refractivity contribution in [1.82, 2.24) is 0 Å². The predicted octanol–water partition coefficient (Wildman–Crippen LogP) is 1.75. The number of ether oxygens (including phenoxy) is 3. The third-order valence-electron chi connectivity index (χ3n) is 4.38. The lowest BCUT2D eigenvalue weighted by molar-refractivity contribution is -0.145. The summed E-state index contributed by atoms with van der Waals surface area (Å²) in [4.78, 5) is 35.1. The van der Waals surface area contributed by atoms with Crippen LogP contribution in [0, 0.1) is 0 Å². The Balaban J connectivity index is 2.52. The van der Waals surface area contributed by atoms with Gasteiger partial charge in [-0.05, 0) is 31.4 Å². The summed E-state index contributed by atoms with van der Waals surface area (Å²) < 4.78 is 15.8. The molecule has 0 aromatic heterocycles. The molecule has 1 heterocycles. The minimum atomic E-state index is -0.834. The first-order chi connectivity index (χ1) is 12.2. The van der Waals surface area contributed by atoms with E-state index in [0.29, 0.717) is 24.0 Å². The summed E-state index contributed by atoms with van der Waals surface area (Å²) in [7, 11) is 0. The topological polar surface area (TPSA) is 99.1 Å². The summed E-state index contributed by atoms with van der Waals surface area (Å²) in [6.45, 7) is 7.99. The van der Waals surface area contributed by atoms with Crippen molar-refractivity contribution < 1.29 is 33.7 Å². The molecular weight excluding hydrogens is 340 g/mol. The molecule has 0 saturated carbocycles. The van der Waals surface area contributed by atoms with Gasteiger partial charge >= 0.3 is 17.9 Å². The first kappa shape index (κ1) is 19.9. The lowest BCUT2D eigenvalue weighted by Gasteiger charge is -2.26. The van der Waals surface area contributed by atoms with Crippen LogP contribution < -0.4 is 0 Å². The molecule has 2 aliphatic rings. The van der Waals surface area contributed by atoms with Gasteiger partial charge in [0, 0.05) is 25.8 Å². The van der Waals surface area contributed by atoms with Gasteiger partial charge in [0.25, 0.3) is 0 Å². The van der Waals surface area contributed by atoms with Gasteiger partial charge in [-0.25, -0.2) is 4.79 Å². The molecule has 142 valence electrons. The van der Waals surface area contributed by atoms with Crippen LogP contribution in [-0.4, -0.2) is 47.9 Å². The standard InChI is InChI=1S/C19H24O7/c1-10-5-6-15(22)11(2)8-17(25-13(4)21)18-14(9-24-12(3)20)19(23)26-16(18)7-10/h7,15-17,22H,2,5-6,8-9H2,1,3-4H3/b10-7+/t15-,16-,17+/m1/s1. The predicted molar refractivity (Wildman–Crippen MR) is 91.8 cm³/mol. The molecule has 0 aromatic rings. The van der Waals surface area contributed by atoms with E-state index in [1.165, 1.54) is 13.8 Å². The minimum absolute atomic E-state index is 0.152. The van der Waals surface area contributed by atoms with Crippen molar-refractivity contribution in [2.75, 3.05) is 6.61 Å². The van der Waals surface area contributed by atoms with E-state index in [0.717, 1.165) is 5.57 Å². The van der Waals surface area contributed by atoms with E-state index in [9.17, 15) is 19.5 Å². The summed E-state index contributed by atoms with van der Waals surface area (Å²) in [6.07, 6.45) is 0.723. The number of carbonyl (C=O) groups excluding carboxylic acids is 3. The molecule has 7 nitrogen and oxygen atoms in total. The van der Waals surface area contributed by atoms with Crippen molar-refractivity contribution in [3.63, 3.8) is 0 Å². The van der Waals surface area contributed by atoms with E-state index in [-0.39, 0.29) is 18.6 Å². The van der Waals surface area contributed by atoms with Crippen molar-refractivity contribution >= 4 is 17.9 Å². The molecule has 1 N–H and O–H groups in total. The average molecular weight is 364 g/mol. The fourth-order valence-corrected chi connectivity index (χ4v) is 3.06. The first-order valence-corrected chi connectivity index (χ1v) is 8.46. The molecule has 0 aromatic carbocycles. The number of carbonyl (C=O) groups is 3. The Hall–Kier alpha value is -2.41. The van der Waals surface area contributed by atoms with Crippen LogP contribution in [-0.2, 0) is 28.6 Å². The van der Waals surface area contributed by atoms with Crippen LogP contribution in [0.5, 0.6) is 0 Å². The monoisotopic (exact) mass is 364 g/mol.